The standard InChI is InChI=1S/C32H51FN4O12P2/c1-21(2)37(22(3)4)50(45-17-12-15-34)49-25-23(48-26(32(25,11)33)36-16-13-24(38)35-29(36)41)14-18-51(42,46-19-43-27(39)30(5,6)7)47-20-44-28(40)31(8,9)10/h13-14,16,18,21-23,25-26H,12,17,19-20H2,1-11H3,(H,35,38,41)/b18-14-/t23-,25?,26-,32?,50?/m1/s1. The Kier molecular flexibility index (Phi) is 15.9. The Labute approximate surface area is 299 Å². The van der Waals surface area contributed by atoms with Crippen molar-refractivity contribution in [2.75, 3.05) is 20.2 Å². The number of carbonyl (C=O) groups is 2. The molecule has 19 heteroatoms. The molecule has 2 rings (SSSR count). The number of rotatable bonds is 17. The van der Waals surface area contributed by atoms with Crippen LogP contribution >= 0.6 is 16.1 Å². The molecule has 0 aromatic carbocycles. The first kappa shape index (κ1) is 44.4. The highest BCUT2D eigenvalue weighted by molar-refractivity contribution is 7.57. The van der Waals surface area contributed by atoms with Gasteiger partial charge in [0, 0.05) is 30.2 Å². The van der Waals surface area contributed by atoms with Crippen LogP contribution in [0.2, 0.25) is 0 Å². The number of esters is 2. The maximum atomic E-state index is 17.1. The zero-order valence-electron chi connectivity index (χ0n) is 31.0. The predicted molar refractivity (Wildman–Crippen MR) is 185 cm³/mol. The van der Waals surface area contributed by atoms with Gasteiger partial charge in [0.1, 0.15) is 12.2 Å². The van der Waals surface area contributed by atoms with Crippen LogP contribution in [0.5, 0.6) is 0 Å². The average Bonchev–Trinajstić information content (AvgIpc) is 3.23. The fourth-order valence-corrected chi connectivity index (χ4v) is 7.37. The number of nitrogens with zero attached hydrogens (tertiary/aromatic N) is 3. The van der Waals surface area contributed by atoms with Crippen molar-refractivity contribution in [2.45, 2.75) is 119 Å². The molecule has 0 radical (unpaired) electrons. The predicted octanol–water partition coefficient (Wildman–Crippen LogP) is 5.66. The van der Waals surface area contributed by atoms with Gasteiger partial charge in [-0.15, -0.1) is 0 Å². The second-order valence-electron chi connectivity index (χ2n) is 14.4. The summed E-state index contributed by atoms with van der Waals surface area (Å²) >= 11 is 0. The van der Waals surface area contributed by atoms with Crippen molar-refractivity contribution in [1.29, 1.82) is 5.26 Å². The van der Waals surface area contributed by atoms with Gasteiger partial charge in [-0.05, 0) is 82.2 Å². The molecule has 5 atom stereocenters. The maximum absolute atomic E-state index is 17.1. The SMILES string of the molecule is CC(C)N(C(C)C)P(OCCC#N)OC1[C@@H](/C=C\P(=O)(OCOC(=O)C(C)(C)C)OCOC(=O)C(C)(C)C)O[C@@H](n2ccc(=O)[nH]c2=O)C1(C)F. The number of aromatic amines is 1. The lowest BCUT2D eigenvalue weighted by molar-refractivity contribution is -0.161. The smallest absolute Gasteiger partial charge is 0.359 e. The Morgan fingerprint density at radius 1 is 1.10 bits per heavy atom. The van der Waals surface area contributed by atoms with E-state index in [-0.39, 0.29) is 25.1 Å². The number of hydrogen-bond donors (Lipinski definition) is 1. The number of aromatic nitrogens is 2. The third-order valence-electron chi connectivity index (χ3n) is 7.12. The summed E-state index contributed by atoms with van der Waals surface area (Å²) in [6.07, 6.45) is -2.42. The van der Waals surface area contributed by atoms with Crippen molar-refractivity contribution < 1.29 is 50.9 Å². The Bertz CT molecular complexity index is 1530. The second-order valence-corrected chi connectivity index (χ2v) is 17.7. The molecular formula is C32H51FN4O12P2. The zero-order chi connectivity index (χ0) is 38.9. The van der Waals surface area contributed by atoms with Gasteiger partial charge in [0.15, 0.2) is 11.9 Å². The molecule has 1 fully saturated rings. The number of alkyl halides is 1. The van der Waals surface area contributed by atoms with E-state index in [0.717, 1.165) is 35.6 Å². The van der Waals surface area contributed by atoms with Gasteiger partial charge in [-0.25, -0.2) is 13.9 Å². The van der Waals surface area contributed by atoms with Crippen LogP contribution in [0.4, 0.5) is 4.39 Å². The van der Waals surface area contributed by atoms with Crippen LogP contribution in [-0.4, -0.2) is 76.3 Å². The van der Waals surface area contributed by atoms with Crippen molar-refractivity contribution in [3.63, 3.8) is 0 Å². The number of halogens is 1. The third-order valence-corrected chi connectivity index (χ3v) is 10.7. The minimum Gasteiger partial charge on any atom is -0.438 e. The third kappa shape index (κ3) is 12.7. The lowest BCUT2D eigenvalue weighted by Crippen LogP contribution is -2.45. The molecule has 16 nitrogen and oxygen atoms in total. The molecule has 1 aromatic heterocycles. The van der Waals surface area contributed by atoms with Crippen LogP contribution in [0.1, 0.15) is 88.8 Å². The second kappa shape index (κ2) is 18.3. The number of hydrogen-bond acceptors (Lipinski definition) is 14. The first-order valence-electron chi connectivity index (χ1n) is 16.3. The Hall–Kier alpha value is -2.80. The molecule has 2 heterocycles. The van der Waals surface area contributed by atoms with Gasteiger partial charge in [0.25, 0.3) is 14.1 Å². The van der Waals surface area contributed by atoms with E-state index in [1.54, 1.807) is 41.5 Å². The molecule has 0 aliphatic carbocycles. The molecule has 1 aliphatic rings. The van der Waals surface area contributed by atoms with Gasteiger partial charge < -0.3 is 23.3 Å². The highest BCUT2D eigenvalue weighted by Crippen LogP contribution is 2.55. The quantitative estimate of drug-likeness (QED) is 0.0883. The molecule has 1 aromatic rings. The van der Waals surface area contributed by atoms with E-state index in [0.29, 0.717) is 0 Å². The molecule has 3 unspecified atom stereocenters. The van der Waals surface area contributed by atoms with Crippen LogP contribution in [0.15, 0.2) is 33.7 Å². The van der Waals surface area contributed by atoms with Gasteiger partial charge in [-0.3, -0.25) is 37.5 Å². The molecule has 0 spiro atoms. The summed E-state index contributed by atoms with van der Waals surface area (Å²) in [7, 11) is -6.52. The van der Waals surface area contributed by atoms with Crippen LogP contribution in [0, 0.1) is 22.2 Å². The molecule has 0 saturated carbocycles. The van der Waals surface area contributed by atoms with E-state index in [4.69, 9.17) is 37.6 Å². The van der Waals surface area contributed by atoms with E-state index in [1.165, 1.54) is 0 Å². The van der Waals surface area contributed by atoms with Crippen molar-refractivity contribution in [3.05, 3.63) is 45.0 Å². The lowest BCUT2D eigenvalue weighted by atomic mass is 9.98. The fourth-order valence-electron chi connectivity index (χ4n) is 4.52. The van der Waals surface area contributed by atoms with E-state index >= 15 is 4.39 Å². The van der Waals surface area contributed by atoms with Gasteiger partial charge in [0.05, 0.1) is 29.9 Å². The van der Waals surface area contributed by atoms with E-state index in [2.05, 4.69) is 4.98 Å². The van der Waals surface area contributed by atoms with Crippen molar-refractivity contribution in [3.8, 4) is 6.07 Å². The van der Waals surface area contributed by atoms with Crippen LogP contribution < -0.4 is 11.2 Å². The Morgan fingerprint density at radius 2 is 1.63 bits per heavy atom. The van der Waals surface area contributed by atoms with E-state index < -0.39 is 87.8 Å². The van der Waals surface area contributed by atoms with Crippen LogP contribution in [0.25, 0.3) is 0 Å². The topological polar surface area (TPSA) is 198 Å². The summed E-state index contributed by atoms with van der Waals surface area (Å²) in [6.45, 7) is 16.6. The number of ether oxygens (including phenoxy) is 3. The molecule has 0 bridgehead atoms. The molecule has 1 saturated heterocycles. The number of nitriles is 1. The van der Waals surface area contributed by atoms with Crippen molar-refractivity contribution in [1.82, 2.24) is 14.2 Å². The summed E-state index contributed by atoms with van der Waals surface area (Å²) < 4.78 is 73.1. The fraction of sp³-hybridized carbons (Fsp3) is 0.719. The zero-order valence-corrected chi connectivity index (χ0v) is 32.8. The number of H-pyrrole nitrogens is 1. The normalized spacial score (nSPS) is 22.1. The van der Waals surface area contributed by atoms with Crippen molar-refractivity contribution >= 4 is 28.1 Å². The highest BCUT2D eigenvalue weighted by atomic mass is 31.2. The molecule has 1 aliphatic heterocycles. The molecule has 51 heavy (non-hydrogen) atoms. The molecule has 288 valence electrons. The summed E-state index contributed by atoms with van der Waals surface area (Å²) in [5, 5.41) is 9.13. The van der Waals surface area contributed by atoms with Crippen LogP contribution in [-0.2, 0) is 46.5 Å². The summed E-state index contributed by atoms with van der Waals surface area (Å²) in [5.74, 6) is -0.423. The summed E-state index contributed by atoms with van der Waals surface area (Å²) in [4.78, 5) is 51.3. The van der Waals surface area contributed by atoms with Gasteiger partial charge in [0.2, 0.25) is 13.6 Å². The van der Waals surface area contributed by atoms with Crippen LogP contribution in [0.3, 0.4) is 0 Å². The number of carbonyl (C=O) groups excluding carboxylic acids is 2. The largest absolute Gasteiger partial charge is 0.438 e. The first-order valence-corrected chi connectivity index (χ1v) is 19.0. The maximum Gasteiger partial charge on any atom is 0.359 e. The highest BCUT2D eigenvalue weighted by Gasteiger charge is 2.57. The Balaban J connectivity index is 2.60. The van der Waals surface area contributed by atoms with E-state index in [9.17, 15) is 23.7 Å². The van der Waals surface area contributed by atoms with Gasteiger partial charge in [-0.1, -0.05) is 0 Å². The van der Waals surface area contributed by atoms with Crippen molar-refractivity contribution in [2.24, 2.45) is 10.8 Å². The monoisotopic (exact) mass is 764 g/mol. The number of nitrogens with one attached hydrogen (secondary N) is 1. The molecule has 1 N–H and O–H groups in total. The first-order chi connectivity index (χ1) is 23.4. The van der Waals surface area contributed by atoms with E-state index in [1.807, 2.05) is 38.4 Å². The Morgan fingerprint density at radius 3 is 2.08 bits per heavy atom. The minimum absolute atomic E-state index is 0.0243. The molecule has 0 amide bonds. The summed E-state index contributed by atoms with van der Waals surface area (Å²) in [5.41, 5.74) is -6.01. The molecular weight excluding hydrogens is 713 g/mol. The average molecular weight is 765 g/mol. The lowest BCUT2D eigenvalue weighted by Gasteiger charge is -2.38. The van der Waals surface area contributed by atoms with Gasteiger partial charge in [-0.2, -0.15) is 5.26 Å². The van der Waals surface area contributed by atoms with Gasteiger partial charge >= 0.3 is 25.2 Å². The minimum atomic E-state index is -4.45. The summed E-state index contributed by atoms with van der Waals surface area (Å²) in [6, 6.07) is 2.69.